The molecule has 4 N–H and O–H groups in total. The minimum Gasteiger partial charge on any atom is -0.366 e. The molecule has 0 saturated heterocycles. The Morgan fingerprint density at radius 1 is 1.33 bits per heavy atom. The Balaban J connectivity index is 2.33. The summed E-state index contributed by atoms with van der Waals surface area (Å²) in [4.78, 5) is 23.9. The lowest BCUT2D eigenvalue weighted by Gasteiger charge is -2.34. The predicted molar refractivity (Wildman–Crippen MR) is 80.2 cm³/mol. The number of carbonyl (C=O) groups is 1. The van der Waals surface area contributed by atoms with E-state index in [2.05, 4.69) is 0 Å². The van der Waals surface area contributed by atoms with E-state index < -0.39 is 10.8 Å². The standard InChI is InChI=1S/C14H20N4O3/c1-17(11-5-3-10(15)4-6-11)13-8-9(14(16)19)2-7-12(13)18(20)21/h2,7-8,10-11H,3-6,15H2,1H3,(H2,16,19). The second-order valence-corrected chi connectivity index (χ2v) is 5.50. The molecule has 0 bridgehead atoms. The monoisotopic (exact) mass is 292 g/mol. The normalized spacial score (nSPS) is 21.8. The van der Waals surface area contributed by atoms with Crippen LogP contribution in [0.2, 0.25) is 0 Å². The molecule has 1 aromatic carbocycles. The zero-order valence-corrected chi connectivity index (χ0v) is 12.0. The highest BCUT2D eigenvalue weighted by molar-refractivity contribution is 5.94. The number of amides is 1. The van der Waals surface area contributed by atoms with Gasteiger partial charge in [0.05, 0.1) is 4.92 Å². The van der Waals surface area contributed by atoms with E-state index in [1.807, 2.05) is 11.9 Å². The van der Waals surface area contributed by atoms with Crippen LogP contribution >= 0.6 is 0 Å². The van der Waals surface area contributed by atoms with Crippen LogP contribution in [0, 0.1) is 10.1 Å². The largest absolute Gasteiger partial charge is 0.366 e. The quantitative estimate of drug-likeness (QED) is 0.642. The van der Waals surface area contributed by atoms with Gasteiger partial charge in [0.15, 0.2) is 0 Å². The maximum atomic E-state index is 11.3. The Kier molecular flexibility index (Phi) is 4.42. The Bertz CT molecular complexity index is 553. The summed E-state index contributed by atoms with van der Waals surface area (Å²) in [6, 6.07) is 4.61. The van der Waals surface area contributed by atoms with Crippen LogP contribution in [0.4, 0.5) is 11.4 Å². The number of hydrogen-bond donors (Lipinski definition) is 2. The van der Waals surface area contributed by atoms with Crippen molar-refractivity contribution in [2.45, 2.75) is 37.8 Å². The summed E-state index contributed by atoms with van der Waals surface area (Å²) >= 11 is 0. The van der Waals surface area contributed by atoms with Crippen LogP contribution in [-0.2, 0) is 0 Å². The van der Waals surface area contributed by atoms with Crippen molar-refractivity contribution in [3.63, 3.8) is 0 Å². The smallest absolute Gasteiger partial charge is 0.292 e. The van der Waals surface area contributed by atoms with Gasteiger partial charge in [0, 0.05) is 30.8 Å². The molecule has 0 unspecified atom stereocenters. The fourth-order valence-corrected chi connectivity index (χ4v) is 2.80. The maximum absolute atomic E-state index is 11.3. The van der Waals surface area contributed by atoms with Gasteiger partial charge in [-0.1, -0.05) is 0 Å². The molecular formula is C14H20N4O3. The Morgan fingerprint density at radius 3 is 2.48 bits per heavy atom. The number of nitro groups is 1. The second-order valence-electron chi connectivity index (χ2n) is 5.50. The third kappa shape index (κ3) is 3.30. The van der Waals surface area contributed by atoms with Gasteiger partial charge in [0.2, 0.25) is 5.91 Å². The number of primary amides is 1. The number of rotatable bonds is 4. The van der Waals surface area contributed by atoms with Crippen LogP contribution in [-0.4, -0.2) is 30.0 Å². The van der Waals surface area contributed by atoms with Gasteiger partial charge in [-0.15, -0.1) is 0 Å². The average molecular weight is 292 g/mol. The molecule has 1 amide bonds. The van der Waals surface area contributed by atoms with Crippen LogP contribution in [0.5, 0.6) is 0 Å². The van der Waals surface area contributed by atoms with Crippen molar-refractivity contribution < 1.29 is 9.72 Å². The molecule has 1 fully saturated rings. The van der Waals surface area contributed by atoms with Crippen LogP contribution in [0.1, 0.15) is 36.0 Å². The third-order valence-corrected chi connectivity index (χ3v) is 4.13. The molecule has 1 aliphatic rings. The predicted octanol–water partition coefficient (Wildman–Crippen LogP) is 1.40. The first kappa shape index (κ1) is 15.2. The summed E-state index contributed by atoms with van der Waals surface area (Å²) in [6.07, 6.45) is 3.57. The molecule has 7 nitrogen and oxygen atoms in total. The molecule has 0 aromatic heterocycles. The van der Waals surface area contributed by atoms with Crippen molar-refractivity contribution in [2.24, 2.45) is 11.5 Å². The molecule has 0 radical (unpaired) electrons. The first-order valence-corrected chi connectivity index (χ1v) is 6.96. The topological polar surface area (TPSA) is 115 Å². The molecule has 21 heavy (non-hydrogen) atoms. The van der Waals surface area contributed by atoms with Crippen molar-refractivity contribution in [3.8, 4) is 0 Å². The average Bonchev–Trinajstić information content (AvgIpc) is 2.46. The maximum Gasteiger partial charge on any atom is 0.292 e. The highest BCUT2D eigenvalue weighted by atomic mass is 16.6. The number of benzene rings is 1. The van der Waals surface area contributed by atoms with Crippen molar-refractivity contribution in [3.05, 3.63) is 33.9 Å². The number of nitro benzene ring substituents is 1. The minimum atomic E-state index is -0.592. The molecule has 1 saturated carbocycles. The molecule has 0 atom stereocenters. The van der Waals surface area contributed by atoms with Crippen LogP contribution < -0.4 is 16.4 Å². The lowest BCUT2D eigenvalue weighted by Crippen LogP contribution is -2.39. The van der Waals surface area contributed by atoms with Gasteiger partial charge < -0.3 is 16.4 Å². The summed E-state index contributed by atoms with van der Waals surface area (Å²) < 4.78 is 0. The van der Waals surface area contributed by atoms with E-state index in [9.17, 15) is 14.9 Å². The lowest BCUT2D eigenvalue weighted by atomic mass is 9.90. The highest BCUT2D eigenvalue weighted by Gasteiger charge is 2.27. The van der Waals surface area contributed by atoms with Gasteiger partial charge in [-0.2, -0.15) is 0 Å². The van der Waals surface area contributed by atoms with E-state index in [-0.39, 0.29) is 23.3 Å². The molecule has 114 valence electrons. The molecule has 0 spiro atoms. The minimum absolute atomic E-state index is 0.0163. The lowest BCUT2D eigenvalue weighted by molar-refractivity contribution is -0.384. The fraction of sp³-hybridized carbons (Fsp3) is 0.500. The van der Waals surface area contributed by atoms with E-state index in [1.165, 1.54) is 18.2 Å². The first-order valence-electron chi connectivity index (χ1n) is 6.96. The number of anilines is 1. The van der Waals surface area contributed by atoms with Crippen molar-refractivity contribution in [2.75, 3.05) is 11.9 Å². The Labute approximate surface area is 123 Å². The van der Waals surface area contributed by atoms with E-state index >= 15 is 0 Å². The Hall–Kier alpha value is -2.15. The zero-order chi connectivity index (χ0) is 15.6. The van der Waals surface area contributed by atoms with Gasteiger partial charge in [-0.3, -0.25) is 14.9 Å². The molecule has 0 heterocycles. The van der Waals surface area contributed by atoms with E-state index in [0.29, 0.717) is 5.69 Å². The summed E-state index contributed by atoms with van der Waals surface area (Å²) in [7, 11) is 1.81. The number of nitrogens with two attached hydrogens (primary N) is 2. The van der Waals surface area contributed by atoms with E-state index in [4.69, 9.17) is 11.5 Å². The Morgan fingerprint density at radius 2 is 1.95 bits per heavy atom. The van der Waals surface area contributed by atoms with Crippen LogP contribution in [0.25, 0.3) is 0 Å². The van der Waals surface area contributed by atoms with E-state index in [1.54, 1.807) is 0 Å². The van der Waals surface area contributed by atoms with Gasteiger partial charge in [0.25, 0.3) is 5.69 Å². The SMILES string of the molecule is CN(c1cc(C(N)=O)ccc1[N+](=O)[O-])C1CCC(N)CC1. The number of carbonyl (C=O) groups excluding carboxylic acids is 1. The summed E-state index contributed by atoms with van der Waals surface area (Å²) in [6.45, 7) is 0. The van der Waals surface area contributed by atoms with Crippen LogP contribution in [0.3, 0.4) is 0 Å². The number of nitrogens with zero attached hydrogens (tertiary/aromatic N) is 2. The fourth-order valence-electron chi connectivity index (χ4n) is 2.80. The number of hydrogen-bond acceptors (Lipinski definition) is 5. The van der Waals surface area contributed by atoms with Gasteiger partial charge in [0.1, 0.15) is 5.69 Å². The van der Waals surface area contributed by atoms with Gasteiger partial charge in [-0.05, 0) is 37.8 Å². The highest BCUT2D eigenvalue weighted by Crippen LogP contribution is 2.33. The van der Waals surface area contributed by atoms with Gasteiger partial charge >= 0.3 is 0 Å². The van der Waals surface area contributed by atoms with Crippen LogP contribution in [0.15, 0.2) is 18.2 Å². The summed E-state index contributed by atoms with van der Waals surface area (Å²) in [5, 5.41) is 11.2. The zero-order valence-electron chi connectivity index (χ0n) is 12.0. The van der Waals surface area contributed by atoms with Gasteiger partial charge in [-0.25, -0.2) is 0 Å². The van der Waals surface area contributed by atoms with Crippen molar-refractivity contribution in [1.82, 2.24) is 0 Å². The molecule has 0 aliphatic heterocycles. The molecule has 1 aliphatic carbocycles. The molecule has 2 rings (SSSR count). The van der Waals surface area contributed by atoms with E-state index in [0.717, 1.165) is 25.7 Å². The molecule has 7 heteroatoms. The first-order chi connectivity index (χ1) is 9.90. The second kappa shape index (κ2) is 6.09. The third-order valence-electron chi connectivity index (χ3n) is 4.13. The van der Waals surface area contributed by atoms with Crippen molar-refractivity contribution in [1.29, 1.82) is 0 Å². The van der Waals surface area contributed by atoms with Crippen molar-refractivity contribution >= 4 is 17.3 Å². The summed E-state index contributed by atoms with van der Waals surface area (Å²) in [5.74, 6) is -0.592. The molecule has 1 aromatic rings. The summed E-state index contributed by atoms with van der Waals surface area (Å²) in [5.41, 5.74) is 11.8. The molecular weight excluding hydrogens is 272 g/mol.